The molecule has 9 heteroatoms. The third-order valence-corrected chi connectivity index (χ3v) is 7.05. The highest BCUT2D eigenvalue weighted by atomic mass is 32.2. The first-order valence-corrected chi connectivity index (χ1v) is 10.4. The van der Waals surface area contributed by atoms with Crippen LogP contribution < -0.4 is 4.72 Å². The van der Waals surface area contributed by atoms with Gasteiger partial charge in [-0.25, -0.2) is 13.1 Å². The molecule has 0 spiro atoms. The Balaban J connectivity index is 1.43. The maximum Gasteiger partial charge on any atom is 0.289 e. The number of carbonyl (C=O) groups excluding carboxylic acids is 1. The fraction of sp³-hybridized carbons (Fsp3) is 0.438. The number of sulfonamides is 1. The molecule has 0 saturated carbocycles. The number of aryl methyl sites for hydroxylation is 1. The maximum absolute atomic E-state index is 12.2. The van der Waals surface area contributed by atoms with Crippen molar-refractivity contribution in [1.29, 1.82) is 0 Å². The van der Waals surface area contributed by atoms with Crippen molar-refractivity contribution >= 4 is 27.3 Å². The predicted octanol–water partition coefficient (Wildman–Crippen LogP) is 1.39. The van der Waals surface area contributed by atoms with Gasteiger partial charge in [0.2, 0.25) is 10.0 Å². The van der Waals surface area contributed by atoms with Crippen molar-refractivity contribution in [2.45, 2.75) is 11.1 Å². The first-order valence-electron chi connectivity index (χ1n) is 8.07. The minimum Gasteiger partial charge on any atom is -0.459 e. The highest BCUT2D eigenvalue weighted by Crippen LogP contribution is 2.20. The standard InChI is InChI=1S/C16H21N3O4S2/c1-13-4-5-15(24-13)25(21,22)17-6-7-18-8-10-19(11-9-18)16(20)14-3-2-12-23-14/h2-5,12,17H,6-11H2,1H3. The van der Waals surface area contributed by atoms with Crippen molar-refractivity contribution in [3.8, 4) is 0 Å². The van der Waals surface area contributed by atoms with E-state index in [1.54, 1.807) is 29.2 Å². The van der Waals surface area contributed by atoms with Gasteiger partial charge in [0.15, 0.2) is 5.76 Å². The van der Waals surface area contributed by atoms with E-state index in [0.717, 1.165) is 4.88 Å². The SMILES string of the molecule is Cc1ccc(S(=O)(=O)NCCN2CCN(C(=O)c3ccco3)CC2)s1. The zero-order chi connectivity index (χ0) is 17.9. The molecule has 7 nitrogen and oxygen atoms in total. The van der Waals surface area contributed by atoms with Crippen LogP contribution in [-0.4, -0.2) is 63.4 Å². The Kier molecular flexibility index (Phi) is 5.57. The normalized spacial score (nSPS) is 16.3. The fourth-order valence-electron chi connectivity index (χ4n) is 2.70. The van der Waals surface area contributed by atoms with Crippen molar-refractivity contribution < 1.29 is 17.6 Å². The van der Waals surface area contributed by atoms with E-state index in [2.05, 4.69) is 9.62 Å². The molecule has 2 aromatic rings. The molecule has 136 valence electrons. The molecule has 1 N–H and O–H groups in total. The van der Waals surface area contributed by atoms with Gasteiger partial charge in [0.05, 0.1) is 6.26 Å². The second-order valence-corrected chi connectivity index (χ2v) is 9.16. The zero-order valence-corrected chi connectivity index (χ0v) is 15.6. The van der Waals surface area contributed by atoms with E-state index in [1.807, 2.05) is 6.92 Å². The number of nitrogens with one attached hydrogen (secondary N) is 1. The summed E-state index contributed by atoms with van der Waals surface area (Å²) in [6.07, 6.45) is 1.49. The zero-order valence-electron chi connectivity index (χ0n) is 14.0. The highest BCUT2D eigenvalue weighted by Gasteiger charge is 2.24. The van der Waals surface area contributed by atoms with E-state index in [4.69, 9.17) is 4.42 Å². The number of hydrogen-bond donors (Lipinski definition) is 1. The van der Waals surface area contributed by atoms with Gasteiger partial charge in [-0.1, -0.05) is 0 Å². The maximum atomic E-state index is 12.2. The third kappa shape index (κ3) is 4.49. The van der Waals surface area contributed by atoms with Gasteiger partial charge in [0.1, 0.15) is 4.21 Å². The molecular formula is C16H21N3O4S2. The molecule has 0 unspecified atom stereocenters. The molecule has 1 amide bonds. The molecule has 2 aromatic heterocycles. The lowest BCUT2D eigenvalue weighted by Gasteiger charge is -2.34. The molecule has 1 fully saturated rings. The molecule has 25 heavy (non-hydrogen) atoms. The van der Waals surface area contributed by atoms with Crippen molar-refractivity contribution in [2.24, 2.45) is 0 Å². The summed E-state index contributed by atoms with van der Waals surface area (Å²) in [6, 6.07) is 6.79. The molecule has 0 radical (unpaired) electrons. The van der Waals surface area contributed by atoms with Crippen LogP contribution in [0.4, 0.5) is 0 Å². The summed E-state index contributed by atoms with van der Waals surface area (Å²) in [5, 5.41) is 0. The Morgan fingerprint density at radius 3 is 2.60 bits per heavy atom. The first kappa shape index (κ1) is 18.1. The van der Waals surface area contributed by atoms with Crippen molar-refractivity contribution in [1.82, 2.24) is 14.5 Å². The number of piperazine rings is 1. The summed E-state index contributed by atoms with van der Waals surface area (Å²) < 4.78 is 32.5. The third-order valence-electron chi connectivity index (χ3n) is 4.09. The molecule has 3 heterocycles. The van der Waals surface area contributed by atoms with E-state index >= 15 is 0 Å². The van der Waals surface area contributed by atoms with Gasteiger partial charge in [-0.3, -0.25) is 9.69 Å². The molecule has 3 rings (SSSR count). The minimum absolute atomic E-state index is 0.0987. The monoisotopic (exact) mass is 383 g/mol. The van der Waals surface area contributed by atoms with Crippen LogP contribution in [0.15, 0.2) is 39.2 Å². The Morgan fingerprint density at radius 1 is 1.24 bits per heavy atom. The lowest BCUT2D eigenvalue weighted by atomic mass is 10.3. The largest absolute Gasteiger partial charge is 0.459 e. The number of rotatable bonds is 6. The molecule has 0 bridgehead atoms. The molecule has 0 aromatic carbocycles. The molecule has 1 saturated heterocycles. The van der Waals surface area contributed by atoms with E-state index in [9.17, 15) is 13.2 Å². The second kappa shape index (κ2) is 7.69. The molecule has 0 atom stereocenters. The summed E-state index contributed by atoms with van der Waals surface area (Å²) in [6.45, 7) is 5.50. The van der Waals surface area contributed by atoms with E-state index in [0.29, 0.717) is 49.2 Å². The summed E-state index contributed by atoms with van der Waals surface area (Å²) in [5.41, 5.74) is 0. The molecule has 0 aliphatic carbocycles. The predicted molar refractivity (Wildman–Crippen MR) is 95.3 cm³/mol. The second-order valence-electron chi connectivity index (χ2n) is 5.87. The van der Waals surface area contributed by atoms with Crippen molar-refractivity contribution in [3.63, 3.8) is 0 Å². The van der Waals surface area contributed by atoms with Gasteiger partial charge in [-0.2, -0.15) is 0 Å². The van der Waals surface area contributed by atoms with Crippen LogP contribution in [0, 0.1) is 6.92 Å². The van der Waals surface area contributed by atoms with Crippen LogP contribution in [0.5, 0.6) is 0 Å². The molecular weight excluding hydrogens is 362 g/mol. The quantitative estimate of drug-likeness (QED) is 0.815. The molecule has 1 aliphatic heterocycles. The Bertz CT molecular complexity index is 806. The number of thiophene rings is 1. The number of furan rings is 1. The van der Waals surface area contributed by atoms with Gasteiger partial charge in [-0.05, 0) is 31.2 Å². The van der Waals surface area contributed by atoms with Crippen molar-refractivity contribution in [2.75, 3.05) is 39.3 Å². The van der Waals surface area contributed by atoms with Crippen LogP contribution in [0.2, 0.25) is 0 Å². The van der Waals surface area contributed by atoms with Crippen LogP contribution in [0.25, 0.3) is 0 Å². The van der Waals surface area contributed by atoms with Crippen LogP contribution in [-0.2, 0) is 10.0 Å². The van der Waals surface area contributed by atoms with Crippen LogP contribution >= 0.6 is 11.3 Å². The summed E-state index contributed by atoms with van der Waals surface area (Å²) in [4.78, 5) is 17.1. The fourth-order valence-corrected chi connectivity index (χ4v) is 5.05. The van der Waals surface area contributed by atoms with Gasteiger partial charge < -0.3 is 9.32 Å². The highest BCUT2D eigenvalue weighted by molar-refractivity contribution is 7.91. The molecule has 1 aliphatic rings. The topological polar surface area (TPSA) is 82.9 Å². The van der Waals surface area contributed by atoms with Gasteiger partial charge >= 0.3 is 0 Å². The lowest BCUT2D eigenvalue weighted by Crippen LogP contribution is -2.50. The van der Waals surface area contributed by atoms with Crippen LogP contribution in [0.1, 0.15) is 15.4 Å². The van der Waals surface area contributed by atoms with E-state index in [1.165, 1.54) is 17.6 Å². The number of nitrogens with zero attached hydrogens (tertiary/aromatic N) is 2. The Morgan fingerprint density at radius 2 is 2.00 bits per heavy atom. The number of amides is 1. The first-order chi connectivity index (χ1) is 12.0. The van der Waals surface area contributed by atoms with Crippen LogP contribution in [0.3, 0.4) is 0 Å². The summed E-state index contributed by atoms with van der Waals surface area (Å²) in [7, 11) is -3.43. The van der Waals surface area contributed by atoms with Gasteiger partial charge in [-0.15, -0.1) is 11.3 Å². The average Bonchev–Trinajstić information content (AvgIpc) is 3.26. The Hall–Kier alpha value is -1.68. The van der Waals surface area contributed by atoms with Crippen molar-refractivity contribution in [3.05, 3.63) is 41.2 Å². The average molecular weight is 383 g/mol. The summed E-state index contributed by atoms with van der Waals surface area (Å²) in [5.74, 6) is 0.255. The minimum atomic E-state index is -3.43. The number of carbonyl (C=O) groups is 1. The number of hydrogen-bond acceptors (Lipinski definition) is 6. The summed E-state index contributed by atoms with van der Waals surface area (Å²) >= 11 is 1.27. The smallest absolute Gasteiger partial charge is 0.289 e. The lowest BCUT2D eigenvalue weighted by molar-refractivity contribution is 0.0609. The van der Waals surface area contributed by atoms with Gasteiger partial charge in [0, 0.05) is 44.1 Å². The van der Waals surface area contributed by atoms with E-state index < -0.39 is 10.0 Å². The van der Waals surface area contributed by atoms with E-state index in [-0.39, 0.29) is 5.91 Å². The van der Waals surface area contributed by atoms with Gasteiger partial charge in [0.25, 0.3) is 5.91 Å². The Labute approximate surface area is 151 Å².